The molecular weight excluding hydrogens is 695 g/mol. The standard InChI is InChI=1S/C50H77NO5/c1-32(2)40-21-16-34(4)26-45(40)56-47(54)51(30-37-18-19-38-29-44(37)48(38,5)6)31-50(55)25-23-43-41-22-17-35(28-42(41)46(53)36-13-9-8-10-14-36)27-39(52)20-15-33(3)12-11-24-49(43,50)7/h12,17,22,28,32,34,36-40,43-45,52,55H,8-11,13-16,18-21,23-27,29-31H2,1-7H3/t34-,37-,38-,39-,40+,43-,44-,45-,49-,50+/m0/s1. The van der Waals surface area contributed by atoms with Crippen molar-refractivity contribution in [3.05, 3.63) is 46.5 Å². The van der Waals surface area contributed by atoms with Gasteiger partial charge in [-0.3, -0.25) is 4.79 Å². The number of aliphatic hydroxyl groups excluding tert-OH is 1. The summed E-state index contributed by atoms with van der Waals surface area (Å²) in [6.07, 6.45) is 18.5. The van der Waals surface area contributed by atoms with Crippen LogP contribution in [0.1, 0.15) is 185 Å². The summed E-state index contributed by atoms with van der Waals surface area (Å²) in [7, 11) is 0. The van der Waals surface area contributed by atoms with Crippen LogP contribution in [-0.4, -0.2) is 57.9 Å². The van der Waals surface area contributed by atoms with E-state index < -0.39 is 17.1 Å². The van der Waals surface area contributed by atoms with Crippen molar-refractivity contribution < 1.29 is 24.5 Å². The van der Waals surface area contributed by atoms with E-state index in [1.807, 2.05) is 4.90 Å². The summed E-state index contributed by atoms with van der Waals surface area (Å²) in [6.45, 7) is 17.0. The molecule has 6 saturated carbocycles. The highest BCUT2D eigenvalue weighted by atomic mass is 16.6. The molecule has 9 rings (SSSR count). The van der Waals surface area contributed by atoms with E-state index in [2.05, 4.69) is 72.7 Å². The fourth-order valence-electron chi connectivity index (χ4n) is 13.2. The minimum Gasteiger partial charge on any atom is -0.446 e. The van der Waals surface area contributed by atoms with Crippen molar-refractivity contribution in [3.8, 4) is 0 Å². The second-order valence-corrected chi connectivity index (χ2v) is 21.5. The Bertz CT molecular complexity index is 1590. The van der Waals surface area contributed by atoms with E-state index in [0.717, 1.165) is 93.2 Å². The zero-order chi connectivity index (χ0) is 40.0. The van der Waals surface area contributed by atoms with Gasteiger partial charge in [0, 0.05) is 23.4 Å². The van der Waals surface area contributed by atoms with Crippen molar-refractivity contribution in [2.24, 2.45) is 52.3 Å². The number of benzene rings is 1. The highest BCUT2D eigenvalue weighted by molar-refractivity contribution is 5.99. The maximum Gasteiger partial charge on any atom is 0.410 e. The third-order valence-electron chi connectivity index (χ3n) is 17.3. The molecule has 0 aromatic heterocycles. The van der Waals surface area contributed by atoms with Crippen molar-refractivity contribution in [3.63, 3.8) is 0 Å². The van der Waals surface area contributed by atoms with Gasteiger partial charge in [0.1, 0.15) is 6.10 Å². The first-order chi connectivity index (χ1) is 26.6. The van der Waals surface area contributed by atoms with Gasteiger partial charge in [-0.1, -0.05) is 91.0 Å². The average molecular weight is 772 g/mol. The molecule has 6 nitrogen and oxygen atoms in total. The summed E-state index contributed by atoms with van der Waals surface area (Å²) >= 11 is 0. The van der Waals surface area contributed by atoms with Crippen molar-refractivity contribution in [2.45, 2.75) is 188 Å². The number of fused-ring (bicyclic) bond motifs is 10. The molecular formula is C50H77NO5. The molecule has 6 heteroatoms. The van der Waals surface area contributed by atoms with Gasteiger partial charge in [-0.05, 0) is 161 Å². The molecule has 0 heterocycles. The number of carbonyl (C=O) groups excluding carboxylic acids is 2. The highest BCUT2D eigenvalue weighted by Crippen LogP contribution is 2.62. The Kier molecular flexibility index (Phi) is 12.6. The van der Waals surface area contributed by atoms with Crippen LogP contribution in [0.25, 0.3) is 0 Å². The van der Waals surface area contributed by atoms with Gasteiger partial charge in [-0.2, -0.15) is 0 Å². The van der Waals surface area contributed by atoms with Gasteiger partial charge in [0.05, 0.1) is 18.2 Å². The van der Waals surface area contributed by atoms with Crippen LogP contribution in [0.2, 0.25) is 0 Å². The summed E-state index contributed by atoms with van der Waals surface area (Å²) in [4.78, 5) is 31.4. The average Bonchev–Trinajstić information content (AvgIpc) is 3.42. The first kappa shape index (κ1) is 42.0. The molecule has 0 unspecified atom stereocenters. The number of amides is 1. The van der Waals surface area contributed by atoms with Gasteiger partial charge in [-0.25, -0.2) is 4.79 Å². The Hall–Kier alpha value is -2.18. The lowest BCUT2D eigenvalue weighted by Gasteiger charge is -2.60. The summed E-state index contributed by atoms with van der Waals surface area (Å²) in [5, 5.41) is 24.5. The Morgan fingerprint density at radius 1 is 0.946 bits per heavy atom. The van der Waals surface area contributed by atoms with Crippen molar-refractivity contribution in [1.82, 2.24) is 4.90 Å². The lowest BCUT2D eigenvalue weighted by atomic mass is 9.45. The number of aliphatic hydroxyl groups is 2. The first-order valence-corrected chi connectivity index (χ1v) is 23.3. The third kappa shape index (κ3) is 8.32. The van der Waals surface area contributed by atoms with Crippen molar-refractivity contribution in [2.75, 3.05) is 13.1 Å². The number of carbonyl (C=O) groups is 2. The molecule has 2 N–H and O–H groups in total. The molecule has 4 bridgehead atoms. The molecule has 0 radical (unpaired) electrons. The Balaban J connectivity index is 1.25. The molecule has 6 fully saturated rings. The Labute approximate surface area is 340 Å². The quantitative estimate of drug-likeness (QED) is 0.203. The number of hydrogen-bond donors (Lipinski definition) is 2. The fourth-order valence-corrected chi connectivity index (χ4v) is 13.2. The first-order valence-electron chi connectivity index (χ1n) is 23.3. The van der Waals surface area contributed by atoms with Crippen LogP contribution in [0.15, 0.2) is 29.8 Å². The minimum atomic E-state index is -1.15. The van der Waals surface area contributed by atoms with Crippen LogP contribution in [0, 0.1) is 52.3 Å². The number of ether oxygens (including phenoxy) is 1. The van der Waals surface area contributed by atoms with Crippen molar-refractivity contribution in [1.29, 1.82) is 0 Å². The summed E-state index contributed by atoms with van der Waals surface area (Å²) in [5.74, 6) is 3.35. The minimum absolute atomic E-state index is 0.0333. The lowest BCUT2D eigenvalue weighted by Crippen LogP contribution is -2.58. The van der Waals surface area contributed by atoms with Gasteiger partial charge in [0.2, 0.25) is 0 Å². The van der Waals surface area contributed by atoms with E-state index in [0.29, 0.717) is 60.8 Å². The molecule has 1 aromatic rings. The molecule has 1 amide bonds. The Morgan fingerprint density at radius 2 is 1.71 bits per heavy atom. The molecule has 10 atom stereocenters. The molecule has 1 aromatic carbocycles. The monoisotopic (exact) mass is 772 g/mol. The van der Waals surface area contributed by atoms with Crippen LogP contribution < -0.4 is 0 Å². The summed E-state index contributed by atoms with van der Waals surface area (Å²) < 4.78 is 6.66. The number of allylic oxidation sites excluding steroid dienone is 2. The lowest BCUT2D eigenvalue weighted by molar-refractivity contribution is -0.122. The van der Waals surface area contributed by atoms with Gasteiger partial charge >= 0.3 is 6.09 Å². The van der Waals surface area contributed by atoms with E-state index in [1.165, 1.54) is 31.3 Å². The molecule has 8 aliphatic rings. The SMILES string of the molecule is CC1=CCC[C@@]2(C)[C@@H](CC[C@@]2(O)CN(C[C@@H]2CC[C@H]3C[C@@H]2C3(C)C)C(=O)O[C@H]2C[C@@H](C)CC[C@@H]2C(C)C)c2ccc(cc2C(=O)C2CCCCC2)C[C@@H](O)CC1. The maximum absolute atomic E-state index is 14.8. The van der Waals surface area contributed by atoms with E-state index in [1.54, 1.807) is 0 Å². The molecule has 0 aliphatic heterocycles. The van der Waals surface area contributed by atoms with Gasteiger partial charge < -0.3 is 19.8 Å². The molecule has 56 heavy (non-hydrogen) atoms. The van der Waals surface area contributed by atoms with E-state index in [4.69, 9.17) is 4.74 Å². The van der Waals surface area contributed by atoms with Crippen LogP contribution in [-0.2, 0) is 11.2 Å². The second kappa shape index (κ2) is 16.8. The number of Topliss-reactive ketones (excluding diaryl/α,β-unsaturated/α-hetero) is 1. The van der Waals surface area contributed by atoms with Gasteiger partial charge in [-0.15, -0.1) is 0 Å². The van der Waals surface area contributed by atoms with Crippen LogP contribution in [0.5, 0.6) is 0 Å². The number of nitrogens with zero attached hydrogens (tertiary/aromatic N) is 1. The highest BCUT2D eigenvalue weighted by Gasteiger charge is 2.59. The summed E-state index contributed by atoms with van der Waals surface area (Å²) in [5.41, 5.74) is 2.73. The number of hydrogen-bond acceptors (Lipinski definition) is 5. The fraction of sp³-hybridized carbons (Fsp3) is 0.800. The number of rotatable bonds is 8. The van der Waals surface area contributed by atoms with Crippen LogP contribution in [0.3, 0.4) is 0 Å². The van der Waals surface area contributed by atoms with Gasteiger partial charge in [0.15, 0.2) is 5.78 Å². The number of ketones is 1. The molecule has 0 spiro atoms. The molecule has 8 aliphatic carbocycles. The van der Waals surface area contributed by atoms with E-state index in [9.17, 15) is 19.8 Å². The third-order valence-corrected chi connectivity index (χ3v) is 17.3. The maximum atomic E-state index is 14.8. The topological polar surface area (TPSA) is 87.1 Å². The summed E-state index contributed by atoms with van der Waals surface area (Å²) in [6, 6.07) is 6.43. The van der Waals surface area contributed by atoms with Crippen LogP contribution >= 0.6 is 0 Å². The molecule has 0 saturated heterocycles. The Morgan fingerprint density at radius 3 is 2.43 bits per heavy atom. The normalized spacial score (nSPS) is 37.6. The largest absolute Gasteiger partial charge is 0.446 e. The van der Waals surface area contributed by atoms with E-state index >= 15 is 0 Å². The molecule has 312 valence electrons. The smallest absolute Gasteiger partial charge is 0.410 e. The zero-order valence-electron chi connectivity index (χ0n) is 36.3. The second-order valence-electron chi connectivity index (χ2n) is 21.5. The zero-order valence-corrected chi connectivity index (χ0v) is 36.3. The van der Waals surface area contributed by atoms with Gasteiger partial charge in [0.25, 0.3) is 0 Å². The van der Waals surface area contributed by atoms with E-state index in [-0.39, 0.29) is 36.4 Å². The predicted molar refractivity (Wildman–Crippen MR) is 226 cm³/mol. The van der Waals surface area contributed by atoms with Crippen LogP contribution in [0.4, 0.5) is 4.79 Å². The van der Waals surface area contributed by atoms with Crippen molar-refractivity contribution >= 4 is 11.9 Å². The predicted octanol–water partition coefficient (Wildman–Crippen LogP) is 11.5.